The Morgan fingerprint density at radius 2 is 2.13 bits per heavy atom. The third kappa shape index (κ3) is 2.83. The van der Waals surface area contributed by atoms with Crippen molar-refractivity contribution in [3.8, 4) is 0 Å². The van der Waals surface area contributed by atoms with Crippen molar-refractivity contribution in [2.24, 2.45) is 0 Å². The summed E-state index contributed by atoms with van der Waals surface area (Å²) in [4.78, 5) is 14.9. The smallest absolute Gasteiger partial charge is 0.323 e. The fourth-order valence-electron chi connectivity index (χ4n) is 3.53. The molecule has 1 aromatic heterocycles. The van der Waals surface area contributed by atoms with Gasteiger partial charge < -0.3 is 9.42 Å². The van der Waals surface area contributed by atoms with Crippen LogP contribution in [0.4, 0.5) is 10.6 Å². The first-order chi connectivity index (χ1) is 11.2. The molecular formula is C18H21N3O2. The summed E-state index contributed by atoms with van der Waals surface area (Å²) in [5, 5.41) is 6.77. The molecule has 4 rings (SSSR count). The zero-order chi connectivity index (χ0) is 15.8. The number of fused-ring (bicyclic) bond motifs is 1. The monoisotopic (exact) mass is 311 g/mol. The molecule has 0 radical (unpaired) electrons. The molecule has 0 spiro atoms. The molecule has 2 amide bonds. The Bertz CT molecular complexity index is 721. The first-order valence-electron chi connectivity index (χ1n) is 8.33. The maximum Gasteiger partial charge on any atom is 0.323 e. The van der Waals surface area contributed by atoms with E-state index in [0.717, 1.165) is 32.1 Å². The van der Waals surface area contributed by atoms with Crippen molar-refractivity contribution in [3.63, 3.8) is 0 Å². The number of nitrogens with zero attached hydrogens (tertiary/aromatic N) is 2. The van der Waals surface area contributed by atoms with Crippen molar-refractivity contribution in [1.82, 2.24) is 10.1 Å². The van der Waals surface area contributed by atoms with Crippen LogP contribution in [0.15, 0.2) is 34.9 Å². The lowest BCUT2D eigenvalue weighted by atomic mass is 9.87. The molecule has 1 atom stereocenters. The zero-order valence-electron chi connectivity index (χ0n) is 13.3. The number of aryl methyl sites for hydroxylation is 2. The lowest BCUT2D eigenvalue weighted by molar-refractivity contribution is 0.174. The van der Waals surface area contributed by atoms with E-state index in [4.69, 9.17) is 4.52 Å². The SMILES string of the molecule is Cc1cc(NC(=O)N(C2CC2)[C@@H]2CCCc3ccccc32)no1. The molecule has 5 heteroatoms. The Labute approximate surface area is 135 Å². The summed E-state index contributed by atoms with van der Waals surface area (Å²) in [6.07, 6.45) is 5.43. The Balaban J connectivity index is 1.60. The summed E-state index contributed by atoms with van der Waals surface area (Å²) in [6, 6.07) is 10.7. The van der Waals surface area contributed by atoms with Crippen LogP contribution < -0.4 is 5.32 Å². The van der Waals surface area contributed by atoms with E-state index in [2.05, 4.69) is 34.7 Å². The van der Waals surface area contributed by atoms with E-state index in [1.807, 2.05) is 11.8 Å². The molecule has 2 aliphatic rings. The van der Waals surface area contributed by atoms with Gasteiger partial charge in [-0.1, -0.05) is 29.4 Å². The first-order valence-corrected chi connectivity index (χ1v) is 8.33. The molecular weight excluding hydrogens is 290 g/mol. The predicted molar refractivity (Wildman–Crippen MR) is 87.2 cm³/mol. The van der Waals surface area contributed by atoms with Crippen LogP contribution in [0.2, 0.25) is 0 Å². The second-order valence-electron chi connectivity index (χ2n) is 6.50. The lowest BCUT2D eigenvalue weighted by Gasteiger charge is -2.36. The summed E-state index contributed by atoms with van der Waals surface area (Å²) in [5.74, 6) is 1.18. The topological polar surface area (TPSA) is 58.4 Å². The molecule has 1 aromatic carbocycles. The number of hydrogen-bond acceptors (Lipinski definition) is 3. The molecule has 0 aliphatic heterocycles. The predicted octanol–water partition coefficient (Wildman–Crippen LogP) is 4.06. The van der Waals surface area contributed by atoms with Gasteiger partial charge in [0.25, 0.3) is 0 Å². The minimum atomic E-state index is -0.0671. The highest BCUT2D eigenvalue weighted by atomic mass is 16.5. The molecule has 2 aromatic rings. The second kappa shape index (κ2) is 5.72. The summed E-state index contributed by atoms with van der Waals surface area (Å²) < 4.78 is 5.04. The number of carbonyl (C=O) groups excluding carboxylic acids is 1. The second-order valence-corrected chi connectivity index (χ2v) is 6.50. The van der Waals surface area contributed by atoms with Crippen molar-refractivity contribution in [3.05, 3.63) is 47.2 Å². The van der Waals surface area contributed by atoms with Crippen molar-refractivity contribution in [2.75, 3.05) is 5.32 Å². The van der Waals surface area contributed by atoms with Crippen molar-refractivity contribution >= 4 is 11.8 Å². The molecule has 120 valence electrons. The third-order valence-electron chi connectivity index (χ3n) is 4.71. The average Bonchev–Trinajstić information content (AvgIpc) is 3.30. The highest BCUT2D eigenvalue weighted by Gasteiger charge is 2.39. The van der Waals surface area contributed by atoms with E-state index in [9.17, 15) is 4.79 Å². The molecule has 1 N–H and O–H groups in total. The van der Waals surface area contributed by atoms with Gasteiger partial charge in [0.2, 0.25) is 0 Å². The molecule has 0 unspecified atom stereocenters. The maximum atomic E-state index is 12.8. The van der Waals surface area contributed by atoms with E-state index < -0.39 is 0 Å². The van der Waals surface area contributed by atoms with E-state index in [0.29, 0.717) is 17.6 Å². The van der Waals surface area contributed by atoms with Crippen LogP contribution in [0, 0.1) is 6.92 Å². The van der Waals surface area contributed by atoms with Gasteiger partial charge in [0.1, 0.15) is 5.76 Å². The van der Waals surface area contributed by atoms with E-state index in [1.54, 1.807) is 6.07 Å². The largest absolute Gasteiger partial charge is 0.360 e. The molecule has 1 saturated carbocycles. The van der Waals surface area contributed by atoms with Crippen LogP contribution in [-0.2, 0) is 6.42 Å². The summed E-state index contributed by atoms with van der Waals surface area (Å²) in [7, 11) is 0. The fraction of sp³-hybridized carbons (Fsp3) is 0.444. The quantitative estimate of drug-likeness (QED) is 0.930. The van der Waals surface area contributed by atoms with E-state index in [-0.39, 0.29) is 12.1 Å². The maximum absolute atomic E-state index is 12.8. The normalized spacial score (nSPS) is 20.0. The number of urea groups is 1. The van der Waals surface area contributed by atoms with Gasteiger partial charge in [0, 0.05) is 12.1 Å². The molecule has 1 fully saturated rings. The number of benzene rings is 1. The molecule has 5 nitrogen and oxygen atoms in total. The van der Waals surface area contributed by atoms with Crippen LogP contribution in [0.25, 0.3) is 0 Å². The van der Waals surface area contributed by atoms with Crippen LogP contribution >= 0.6 is 0 Å². The van der Waals surface area contributed by atoms with Crippen molar-refractivity contribution in [1.29, 1.82) is 0 Å². The van der Waals surface area contributed by atoms with Gasteiger partial charge in [-0.2, -0.15) is 0 Å². The van der Waals surface area contributed by atoms with Crippen molar-refractivity contribution in [2.45, 2.75) is 51.1 Å². The van der Waals surface area contributed by atoms with E-state index >= 15 is 0 Å². The summed E-state index contributed by atoms with van der Waals surface area (Å²) in [6.45, 7) is 1.82. The Morgan fingerprint density at radius 1 is 1.30 bits per heavy atom. The highest BCUT2D eigenvalue weighted by molar-refractivity contribution is 5.89. The van der Waals surface area contributed by atoms with Gasteiger partial charge in [-0.3, -0.25) is 5.32 Å². The molecule has 1 heterocycles. The first kappa shape index (κ1) is 14.3. The number of rotatable bonds is 3. The number of anilines is 1. The molecule has 0 saturated heterocycles. The molecule has 23 heavy (non-hydrogen) atoms. The lowest BCUT2D eigenvalue weighted by Crippen LogP contribution is -2.41. The summed E-state index contributed by atoms with van der Waals surface area (Å²) >= 11 is 0. The number of nitrogens with one attached hydrogen (secondary N) is 1. The van der Waals surface area contributed by atoms with Gasteiger partial charge in [0.15, 0.2) is 5.82 Å². The van der Waals surface area contributed by atoms with Gasteiger partial charge in [-0.05, 0) is 50.2 Å². The van der Waals surface area contributed by atoms with Gasteiger partial charge in [-0.25, -0.2) is 4.79 Å². The minimum absolute atomic E-state index is 0.0671. The van der Waals surface area contributed by atoms with Gasteiger partial charge >= 0.3 is 6.03 Å². The van der Waals surface area contributed by atoms with Crippen molar-refractivity contribution < 1.29 is 9.32 Å². The number of carbonyl (C=O) groups is 1. The summed E-state index contributed by atoms with van der Waals surface area (Å²) in [5.41, 5.74) is 2.68. The van der Waals surface area contributed by atoms with E-state index in [1.165, 1.54) is 11.1 Å². The molecule has 2 aliphatic carbocycles. The van der Waals surface area contributed by atoms with Crippen LogP contribution in [0.3, 0.4) is 0 Å². The Morgan fingerprint density at radius 3 is 2.87 bits per heavy atom. The molecule has 0 bridgehead atoms. The number of aromatic nitrogens is 1. The minimum Gasteiger partial charge on any atom is -0.360 e. The standard InChI is InChI=1S/C18H21N3O2/c1-12-11-17(20-23-12)19-18(22)21(14-9-10-14)16-8-4-6-13-5-2-3-7-15(13)16/h2-3,5,7,11,14,16H,4,6,8-10H2,1H3,(H,19,20,22)/t16-/m1/s1. The number of amides is 2. The third-order valence-corrected chi connectivity index (χ3v) is 4.71. The number of hydrogen-bond donors (Lipinski definition) is 1. The average molecular weight is 311 g/mol. The Kier molecular flexibility index (Phi) is 3.56. The highest BCUT2D eigenvalue weighted by Crippen LogP contribution is 2.41. The van der Waals surface area contributed by atoms with Crippen LogP contribution in [0.5, 0.6) is 0 Å². The van der Waals surface area contributed by atoms with Gasteiger partial charge in [-0.15, -0.1) is 0 Å². The zero-order valence-corrected chi connectivity index (χ0v) is 13.3. The van der Waals surface area contributed by atoms with Crippen LogP contribution in [0.1, 0.15) is 48.6 Å². The Hall–Kier alpha value is -2.30. The fourth-order valence-corrected chi connectivity index (χ4v) is 3.53. The van der Waals surface area contributed by atoms with Crippen LogP contribution in [-0.4, -0.2) is 22.1 Å². The van der Waals surface area contributed by atoms with Gasteiger partial charge in [0.05, 0.1) is 6.04 Å².